The van der Waals surface area contributed by atoms with Crippen LogP contribution in [0.1, 0.15) is 13.8 Å². The number of aromatic nitrogens is 2. The number of nitrogens with zero attached hydrogens (tertiary/aromatic N) is 3. The van der Waals surface area contributed by atoms with Crippen LogP contribution in [0.2, 0.25) is 0 Å². The van der Waals surface area contributed by atoms with Crippen molar-refractivity contribution in [3.8, 4) is 17.0 Å². The van der Waals surface area contributed by atoms with Crippen molar-refractivity contribution in [2.75, 3.05) is 12.4 Å². The highest BCUT2D eigenvalue weighted by Crippen LogP contribution is 2.33. The standard InChI is InChI=1S/C14H16N4O3/c1-9(2)21-11-6-4-5-10(7-11)12-13(18(19)20)14(15-3)17-8-16-12/h4-9H,1-3H3,(H,15,16,17). The Morgan fingerprint density at radius 1 is 1.33 bits per heavy atom. The summed E-state index contributed by atoms with van der Waals surface area (Å²) in [5.41, 5.74) is 0.717. The smallest absolute Gasteiger partial charge is 0.337 e. The molecule has 7 heteroatoms. The molecule has 0 aliphatic carbocycles. The van der Waals surface area contributed by atoms with Gasteiger partial charge in [0, 0.05) is 12.6 Å². The van der Waals surface area contributed by atoms with Gasteiger partial charge >= 0.3 is 5.69 Å². The van der Waals surface area contributed by atoms with Gasteiger partial charge in [-0.2, -0.15) is 0 Å². The summed E-state index contributed by atoms with van der Waals surface area (Å²) in [6.45, 7) is 3.83. The fourth-order valence-electron chi connectivity index (χ4n) is 1.93. The molecule has 0 saturated heterocycles. The Morgan fingerprint density at radius 3 is 2.71 bits per heavy atom. The first kappa shape index (κ1) is 14.7. The number of hydrogen-bond donors (Lipinski definition) is 1. The van der Waals surface area contributed by atoms with Crippen LogP contribution in [0, 0.1) is 10.1 Å². The predicted molar refractivity (Wildman–Crippen MR) is 79.4 cm³/mol. The average molecular weight is 288 g/mol. The van der Waals surface area contributed by atoms with Crippen molar-refractivity contribution in [2.45, 2.75) is 20.0 Å². The molecule has 1 aromatic heterocycles. The number of benzene rings is 1. The maximum atomic E-state index is 11.3. The van der Waals surface area contributed by atoms with Crippen LogP contribution in [0.15, 0.2) is 30.6 Å². The first-order chi connectivity index (χ1) is 10.0. The van der Waals surface area contributed by atoms with Gasteiger partial charge in [0.15, 0.2) is 5.69 Å². The third-order valence-corrected chi connectivity index (χ3v) is 2.72. The first-order valence-corrected chi connectivity index (χ1v) is 6.47. The molecule has 7 nitrogen and oxygen atoms in total. The Morgan fingerprint density at radius 2 is 2.10 bits per heavy atom. The van der Waals surface area contributed by atoms with Crippen molar-refractivity contribution >= 4 is 11.5 Å². The van der Waals surface area contributed by atoms with Crippen LogP contribution >= 0.6 is 0 Å². The minimum absolute atomic E-state index is 0.0218. The van der Waals surface area contributed by atoms with E-state index in [2.05, 4.69) is 15.3 Å². The van der Waals surface area contributed by atoms with Gasteiger partial charge in [-0.15, -0.1) is 0 Å². The van der Waals surface area contributed by atoms with Gasteiger partial charge in [-0.05, 0) is 26.0 Å². The van der Waals surface area contributed by atoms with E-state index in [1.165, 1.54) is 6.33 Å². The number of ether oxygens (including phenoxy) is 1. The summed E-state index contributed by atoms with van der Waals surface area (Å²) in [7, 11) is 1.58. The van der Waals surface area contributed by atoms with E-state index in [1.54, 1.807) is 31.3 Å². The SMILES string of the molecule is CNc1ncnc(-c2cccc(OC(C)C)c2)c1[N+](=O)[O-]. The van der Waals surface area contributed by atoms with Crippen LogP contribution < -0.4 is 10.1 Å². The van der Waals surface area contributed by atoms with Gasteiger partial charge in [0.05, 0.1) is 11.0 Å². The Kier molecular flexibility index (Phi) is 4.32. The monoisotopic (exact) mass is 288 g/mol. The molecule has 1 aromatic carbocycles. The van der Waals surface area contributed by atoms with Gasteiger partial charge < -0.3 is 10.1 Å². The second-order valence-corrected chi connectivity index (χ2v) is 4.62. The lowest BCUT2D eigenvalue weighted by molar-refractivity contribution is -0.383. The average Bonchev–Trinajstić information content (AvgIpc) is 2.45. The van der Waals surface area contributed by atoms with Crippen molar-refractivity contribution in [2.24, 2.45) is 0 Å². The Bertz CT molecular complexity index is 658. The van der Waals surface area contributed by atoms with Crippen LogP contribution in [0.4, 0.5) is 11.5 Å². The lowest BCUT2D eigenvalue weighted by Crippen LogP contribution is -2.06. The van der Waals surface area contributed by atoms with Crippen LogP contribution in [-0.4, -0.2) is 28.0 Å². The van der Waals surface area contributed by atoms with Gasteiger partial charge in [-0.3, -0.25) is 10.1 Å². The maximum Gasteiger partial charge on any atom is 0.337 e. The first-order valence-electron chi connectivity index (χ1n) is 6.47. The topological polar surface area (TPSA) is 90.2 Å². The number of hydrogen-bond acceptors (Lipinski definition) is 6. The van der Waals surface area contributed by atoms with Gasteiger partial charge in [-0.25, -0.2) is 9.97 Å². The van der Waals surface area contributed by atoms with E-state index in [0.29, 0.717) is 11.3 Å². The van der Waals surface area contributed by atoms with Gasteiger partial charge in [0.25, 0.3) is 0 Å². The molecule has 2 aromatic rings. The van der Waals surface area contributed by atoms with E-state index in [-0.39, 0.29) is 23.3 Å². The van der Waals surface area contributed by atoms with Crippen molar-refractivity contribution in [1.82, 2.24) is 9.97 Å². The third kappa shape index (κ3) is 3.25. The summed E-state index contributed by atoms with van der Waals surface area (Å²) in [4.78, 5) is 18.7. The Labute approximate surface area is 122 Å². The summed E-state index contributed by atoms with van der Waals surface area (Å²) >= 11 is 0. The molecule has 0 aliphatic rings. The number of nitrogens with one attached hydrogen (secondary N) is 1. The molecule has 2 rings (SSSR count). The highest BCUT2D eigenvalue weighted by Gasteiger charge is 2.23. The molecule has 0 amide bonds. The third-order valence-electron chi connectivity index (χ3n) is 2.72. The largest absolute Gasteiger partial charge is 0.491 e. The summed E-state index contributed by atoms with van der Waals surface area (Å²) in [5, 5.41) is 14.0. The van der Waals surface area contributed by atoms with Crippen LogP contribution in [0.25, 0.3) is 11.3 Å². The highest BCUT2D eigenvalue weighted by atomic mass is 16.6. The molecule has 110 valence electrons. The molecular formula is C14H16N4O3. The minimum atomic E-state index is -0.489. The van der Waals surface area contributed by atoms with Crippen molar-refractivity contribution in [3.05, 3.63) is 40.7 Å². The van der Waals surface area contributed by atoms with E-state index < -0.39 is 4.92 Å². The molecular weight excluding hydrogens is 272 g/mol. The summed E-state index contributed by atoms with van der Waals surface area (Å²) in [5.74, 6) is 0.821. The zero-order valence-electron chi connectivity index (χ0n) is 12.0. The van der Waals surface area contributed by atoms with Gasteiger partial charge in [0.1, 0.15) is 12.1 Å². The van der Waals surface area contributed by atoms with E-state index in [9.17, 15) is 10.1 Å². The molecule has 0 unspecified atom stereocenters. The summed E-state index contributed by atoms with van der Waals surface area (Å²) in [6.07, 6.45) is 1.32. The molecule has 0 bridgehead atoms. The van der Waals surface area contributed by atoms with Crippen molar-refractivity contribution in [1.29, 1.82) is 0 Å². The summed E-state index contributed by atoms with van der Waals surface area (Å²) in [6, 6.07) is 7.06. The zero-order valence-corrected chi connectivity index (χ0v) is 12.0. The molecule has 0 saturated carbocycles. The number of rotatable bonds is 5. The van der Waals surface area contributed by atoms with Gasteiger partial charge in [-0.1, -0.05) is 12.1 Å². The Balaban J connectivity index is 2.54. The molecule has 0 atom stereocenters. The second-order valence-electron chi connectivity index (χ2n) is 4.62. The maximum absolute atomic E-state index is 11.3. The lowest BCUT2D eigenvalue weighted by atomic mass is 10.1. The molecule has 0 spiro atoms. The van der Waals surface area contributed by atoms with Crippen molar-refractivity contribution < 1.29 is 9.66 Å². The molecule has 21 heavy (non-hydrogen) atoms. The van der Waals surface area contributed by atoms with Crippen LogP contribution in [-0.2, 0) is 0 Å². The predicted octanol–water partition coefficient (Wildman–Crippen LogP) is 2.88. The fourth-order valence-corrected chi connectivity index (χ4v) is 1.93. The van der Waals surface area contributed by atoms with Crippen molar-refractivity contribution in [3.63, 3.8) is 0 Å². The fraction of sp³-hybridized carbons (Fsp3) is 0.286. The number of anilines is 1. The Hall–Kier alpha value is -2.70. The normalized spacial score (nSPS) is 10.5. The lowest BCUT2D eigenvalue weighted by Gasteiger charge is -2.11. The quantitative estimate of drug-likeness (QED) is 0.672. The molecule has 0 fully saturated rings. The van der Waals surface area contributed by atoms with E-state index >= 15 is 0 Å². The second kappa shape index (κ2) is 6.17. The van der Waals surface area contributed by atoms with Gasteiger partial charge in [0.2, 0.25) is 5.82 Å². The number of nitro groups is 1. The van der Waals surface area contributed by atoms with E-state index in [1.807, 2.05) is 13.8 Å². The van der Waals surface area contributed by atoms with Crippen LogP contribution in [0.3, 0.4) is 0 Å². The van der Waals surface area contributed by atoms with E-state index in [0.717, 1.165) is 0 Å². The van der Waals surface area contributed by atoms with Crippen LogP contribution in [0.5, 0.6) is 5.75 Å². The molecule has 1 heterocycles. The highest BCUT2D eigenvalue weighted by molar-refractivity contribution is 5.77. The summed E-state index contributed by atoms with van der Waals surface area (Å²) < 4.78 is 5.60. The molecule has 0 aliphatic heterocycles. The minimum Gasteiger partial charge on any atom is -0.491 e. The van der Waals surface area contributed by atoms with E-state index in [4.69, 9.17) is 4.74 Å². The molecule has 1 N–H and O–H groups in total. The molecule has 0 radical (unpaired) electrons. The zero-order chi connectivity index (χ0) is 15.4.